The Balaban J connectivity index is 4.48. The lowest BCUT2D eigenvalue weighted by atomic mass is 10.1. The van der Waals surface area contributed by atoms with Gasteiger partial charge in [-0.15, -0.1) is 0 Å². The largest absolute Gasteiger partial charge is 0.456 e. The Bertz CT molecular complexity index is 541. The van der Waals surface area contributed by atoms with Gasteiger partial charge in [0.2, 0.25) is 0 Å². The molecule has 0 radical (unpaired) electrons. The van der Waals surface area contributed by atoms with Gasteiger partial charge in [-0.05, 0) is 71.7 Å². The normalized spacial score (nSPS) is 14.8. The summed E-state index contributed by atoms with van der Waals surface area (Å²) in [5.41, 5.74) is 1.14. The summed E-state index contributed by atoms with van der Waals surface area (Å²) >= 11 is 0. The van der Waals surface area contributed by atoms with Crippen molar-refractivity contribution < 1.29 is 14.0 Å². The fourth-order valence-electron chi connectivity index (χ4n) is 1.90. The van der Waals surface area contributed by atoms with Gasteiger partial charge >= 0.3 is 5.97 Å². The molecule has 0 aliphatic rings. The van der Waals surface area contributed by atoms with Crippen LogP contribution >= 0.6 is 0 Å². The van der Waals surface area contributed by atoms with E-state index >= 15 is 0 Å². The quantitative estimate of drug-likeness (QED) is 0.157. The molecule has 0 rings (SSSR count). The van der Waals surface area contributed by atoms with Gasteiger partial charge in [0.25, 0.3) is 0 Å². The molecule has 26 heavy (non-hydrogen) atoms. The van der Waals surface area contributed by atoms with Crippen LogP contribution in [0.5, 0.6) is 0 Å². The third kappa shape index (κ3) is 10.1. The average molecular weight is 381 g/mol. The number of rotatable bonds is 8. The van der Waals surface area contributed by atoms with Crippen molar-refractivity contribution in [1.29, 1.82) is 0 Å². The first-order valence-corrected chi connectivity index (χ1v) is 12.5. The molecule has 0 aliphatic carbocycles. The lowest BCUT2D eigenvalue weighted by Crippen LogP contribution is -2.40. The van der Waals surface area contributed by atoms with E-state index in [1.165, 1.54) is 0 Å². The van der Waals surface area contributed by atoms with E-state index in [0.717, 1.165) is 25.0 Å². The predicted molar refractivity (Wildman–Crippen MR) is 115 cm³/mol. The second kappa shape index (κ2) is 10.3. The molecule has 0 aromatic carbocycles. The Morgan fingerprint density at radius 2 is 1.65 bits per heavy atom. The molecule has 0 bridgehead atoms. The molecule has 0 unspecified atom stereocenters. The Morgan fingerprint density at radius 3 is 2.12 bits per heavy atom. The van der Waals surface area contributed by atoms with Crippen molar-refractivity contribution in [2.24, 2.45) is 0 Å². The number of ether oxygens (including phenoxy) is 1. The van der Waals surface area contributed by atoms with Crippen molar-refractivity contribution in [1.82, 2.24) is 0 Å². The molecule has 4 heteroatoms. The van der Waals surface area contributed by atoms with Gasteiger partial charge in [-0.25, -0.2) is 4.79 Å². The highest BCUT2D eigenvalue weighted by atomic mass is 28.4. The molecule has 0 fully saturated rings. The van der Waals surface area contributed by atoms with Crippen molar-refractivity contribution >= 4 is 14.3 Å². The standard InChI is InChI=1S/C22H40O3Si/c1-11-19(20(23)25-21(3,4)5)17-18(2)15-13-12-14-16-24-26(9,10)22(6,7)8/h11,13,15,17H,12,14,16H2,1-10H3/b15-13+,18-17+,19-11+. The minimum Gasteiger partial charge on any atom is -0.456 e. The van der Waals surface area contributed by atoms with Gasteiger partial charge in [-0.2, -0.15) is 0 Å². The first kappa shape index (κ1) is 24.9. The van der Waals surface area contributed by atoms with Crippen molar-refractivity contribution in [3.63, 3.8) is 0 Å². The fraction of sp³-hybridized carbons (Fsp3) is 0.682. The molecule has 0 aromatic rings. The van der Waals surface area contributed by atoms with E-state index < -0.39 is 13.9 Å². The van der Waals surface area contributed by atoms with Gasteiger partial charge in [0.15, 0.2) is 8.32 Å². The maximum absolute atomic E-state index is 12.1. The Kier molecular flexibility index (Phi) is 9.82. The Labute approximate surface area is 162 Å². The number of allylic oxidation sites excluding steroid dienone is 4. The van der Waals surface area contributed by atoms with E-state index in [1.807, 2.05) is 40.7 Å². The third-order valence-corrected chi connectivity index (χ3v) is 9.03. The highest BCUT2D eigenvalue weighted by Gasteiger charge is 2.36. The molecular formula is C22H40O3Si. The minimum absolute atomic E-state index is 0.257. The number of esters is 1. The number of carbonyl (C=O) groups excluding carboxylic acids is 1. The van der Waals surface area contributed by atoms with Crippen LogP contribution in [0.2, 0.25) is 18.1 Å². The summed E-state index contributed by atoms with van der Waals surface area (Å²) in [7, 11) is -1.64. The highest BCUT2D eigenvalue weighted by molar-refractivity contribution is 6.74. The Morgan fingerprint density at radius 1 is 1.08 bits per heavy atom. The molecule has 0 N–H and O–H groups in total. The molecule has 0 aliphatic heterocycles. The Hall–Kier alpha value is -1.13. The topological polar surface area (TPSA) is 35.5 Å². The smallest absolute Gasteiger partial charge is 0.338 e. The van der Waals surface area contributed by atoms with E-state index in [1.54, 1.807) is 6.08 Å². The molecule has 0 spiro atoms. The molecular weight excluding hydrogens is 340 g/mol. The maximum atomic E-state index is 12.1. The molecule has 0 amide bonds. The first-order chi connectivity index (χ1) is 11.7. The lowest BCUT2D eigenvalue weighted by molar-refractivity contribution is -0.149. The van der Waals surface area contributed by atoms with Crippen molar-refractivity contribution in [3.8, 4) is 0 Å². The molecule has 150 valence electrons. The van der Waals surface area contributed by atoms with Gasteiger partial charge in [0.1, 0.15) is 5.60 Å². The summed E-state index contributed by atoms with van der Waals surface area (Å²) in [5, 5.41) is 0.257. The number of hydrogen-bond donors (Lipinski definition) is 0. The summed E-state index contributed by atoms with van der Waals surface area (Å²) in [6, 6.07) is 0. The van der Waals surface area contributed by atoms with Gasteiger partial charge in [0.05, 0.1) is 5.57 Å². The molecule has 0 saturated heterocycles. The van der Waals surface area contributed by atoms with Crippen molar-refractivity contribution in [2.75, 3.05) is 6.61 Å². The lowest BCUT2D eigenvalue weighted by Gasteiger charge is -2.36. The monoisotopic (exact) mass is 380 g/mol. The minimum atomic E-state index is -1.64. The van der Waals surface area contributed by atoms with Crippen LogP contribution in [0.15, 0.2) is 35.5 Å². The average Bonchev–Trinajstić information content (AvgIpc) is 2.45. The second-order valence-corrected chi connectivity index (χ2v) is 14.1. The van der Waals surface area contributed by atoms with Crippen LogP contribution in [-0.4, -0.2) is 26.5 Å². The van der Waals surface area contributed by atoms with E-state index in [-0.39, 0.29) is 11.0 Å². The van der Waals surface area contributed by atoms with Crippen LogP contribution in [0.1, 0.15) is 68.2 Å². The molecule has 0 aromatic heterocycles. The van der Waals surface area contributed by atoms with Crippen LogP contribution in [0.3, 0.4) is 0 Å². The number of carbonyl (C=O) groups is 1. The van der Waals surface area contributed by atoms with E-state index in [2.05, 4.69) is 46.0 Å². The van der Waals surface area contributed by atoms with Crippen LogP contribution in [0, 0.1) is 0 Å². The number of hydrogen-bond acceptors (Lipinski definition) is 3. The van der Waals surface area contributed by atoms with Crippen LogP contribution < -0.4 is 0 Å². The fourth-order valence-corrected chi connectivity index (χ4v) is 2.99. The van der Waals surface area contributed by atoms with E-state index in [9.17, 15) is 4.79 Å². The molecule has 0 atom stereocenters. The molecule has 3 nitrogen and oxygen atoms in total. The zero-order valence-corrected chi connectivity index (χ0v) is 19.7. The van der Waals surface area contributed by atoms with Gasteiger partial charge in [-0.1, -0.05) is 44.6 Å². The summed E-state index contributed by atoms with van der Waals surface area (Å²) in [5.74, 6) is -0.282. The molecule has 0 heterocycles. The van der Waals surface area contributed by atoms with E-state index in [0.29, 0.717) is 5.57 Å². The van der Waals surface area contributed by atoms with Gasteiger partial charge < -0.3 is 9.16 Å². The van der Waals surface area contributed by atoms with Gasteiger partial charge in [-0.3, -0.25) is 0 Å². The summed E-state index contributed by atoms with van der Waals surface area (Å²) in [6.07, 6.45) is 9.84. The second-order valence-electron chi connectivity index (χ2n) is 9.29. The zero-order chi connectivity index (χ0) is 20.6. The highest BCUT2D eigenvalue weighted by Crippen LogP contribution is 2.36. The number of unbranched alkanes of at least 4 members (excludes halogenated alkanes) is 1. The zero-order valence-electron chi connectivity index (χ0n) is 18.7. The third-order valence-electron chi connectivity index (χ3n) is 4.49. The summed E-state index contributed by atoms with van der Waals surface area (Å²) in [6.45, 7) is 21.6. The SMILES string of the molecule is C\C=C(/C=C(C)/C=C/CCCO[Si](C)(C)C(C)(C)C)C(=O)OC(C)(C)C. The summed E-state index contributed by atoms with van der Waals surface area (Å²) < 4.78 is 11.6. The molecule has 0 saturated carbocycles. The van der Waals surface area contributed by atoms with Crippen molar-refractivity contribution in [2.45, 2.75) is 92.0 Å². The van der Waals surface area contributed by atoms with E-state index in [4.69, 9.17) is 9.16 Å². The van der Waals surface area contributed by atoms with Crippen LogP contribution in [-0.2, 0) is 14.0 Å². The van der Waals surface area contributed by atoms with Crippen molar-refractivity contribution in [3.05, 3.63) is 35.5 Å². The maximum Gasteiger partial charge on any atom is 0.338 e. The first-order valence-electron chi connectivity index (χ1n) is 9.58. The van der Waals surface area contributed by atoms with Crippen LogP contribution in [0.4, 0.5) is 0 Å². The summed E-state index contributed by atoms with van der Waals surface area (Å²) in [4.78, 5) is 12.1. The predicted octanol–water partition coefficient (Wildman–Crippen LogP) is 6.58. The van der Waals surface area contributed by atoms with Crippen LogP contribution in [0.25, 0.3) is 0 Å². The van der Waals surface area contributed by atoms with Gasteiger partial charge in [0, 0.05) is 6.61 Å².